The first kappa shape index (κ1) is 25.8. The van der Waals surface area contributed by atoms with E-state index in [9.17, 15) is 0 Å². The smallest absolute Gasteiger partial charge is 0.163 e. The third-order valence-electron chi connectivity index (χ3n) is 7.64. The molecular formula is C28H37Cl2N5O. The van der Waals surface area contributed by atoms with Crippen LogP contribution in [0.1, 0.15) is 58.6 Å². The highest BCUT2D eigenvalue weighted by atomic mass is 35.5. The first-order valence-corrected chi connectivity index (χ1v) is 14.0. The normalized spacial score (nSPS) is 24.2. The zero-order valence-electron chi connectivity index (χ0n) is 21.7. The fraction of sp³-hybridized carbons (Fsp3) is 0.571. The first-order valence-electron chi connectivity index (χ1n) is 13.2. The number of hydrogen-bond acceptors (Lipinski definition) is 5. The van der Waals surface area contributed by atoms with Gasteiger partial charge in [0.25, 0.3) is 0 Å². The average molecular weight is 531 g/mol. The summed E-state index contributed by atoms with van der Waals surface area (Å²) >= 11 is 12.8. The number of hydrogen-bond donors (Lipinski definition) is 0. The van der Waals surface area contributed by atoms with Crippen LogP contribution in [0.5, 0.6) is 0 Å². The van der Waals surface area contributed by atoms with Crippen molar-refractivity contribution in [1.29, 1.82) is 0 Å². The lowest BCUT2D eigenvalue weighted by Crippen LogP contribution is -2.57. The van der Waals surface area contributed by atoms with Crippen LogP contribution in [0, 0.1) is 5.92 Å². The zero-order chi connectivity index (χ0) is 25.4. The van der Waals surface area contributed by atoms with Crippen molar-refractivity contribution >= 4 is 40.1 Å². The maximum Gasteiger partial charge on any atom is 0.163 e. The lowest BCUT2D eigenvalue weighted by Gasteiger charge is -2.48. The van der Waals surface area contributed by atoms with Crippen molar-refractivity contribution in [2.24, 2.45) is 5.92 Å². The van der Waals surface area contributed by atoms with Gasteiger partial charge in [0, 0.05) is 48.9 Å². The predicted molar refractivity (Wildman–Crippen MR) is 148 cm³/mol. The minimum absolute atomic E-state index is 0.222. The third-order valence-corrected chi connectivity index (χ3v) is 8.08. The summed E-state index contributed by atoms with van der Waals surface area (Å²) in [6.45, 7) is 12.7. The lowest BCUT2D eigenvalue weighted by atomic mass is 9.92. The highest BCUT2D eigenvalue weighted by Crippen LogP contribution is 2.37. The van der Waals surface area contributed by atoms with Gasteiger partial charge in [-0.1, -0.05) is 49.2 Å². The van der Waals surface area contributed by atoms with E-state index in [1.807, 2.05) is 24.5 Å². The monoisotopic (exact) mass is 529 g/mol. The molecule has 0 aliphatic carbocycles. The molecule has 194 valence electrons. The van der Waals surface area contributed by atoms with Crippen molar-refractivity contribution in [3.05, 3.63) is 52.4 Å². The topological polar surface area (TPSA) is 46.4 Å². The largest absolute Gasteiger partial charge is 0.376 e. The second kappa shape index (κ2) is 10.9. The molecule has 3 aromatic rings. The molecular weight excluding hydrogens is 493 g/mol. The number of fused-ring (bicyclic) bond motifs is 1. The fourth-order valence-electron chi connectivity index (χ4n) is 5.87. The average Bonchev–Trinajstić information content (AvgIpc) is 3.49. The molecule has 2 saturated heterocycles. The number of anilines is 1. The Hall–Kier alpha value is -1.86. The van der Waals surface area contributed by atoms with Crippen LogP contribution in [0.15, 0.2) is 36.7 Å². The predicted octanol–water partition coefficient (Wildman–Crippen LogP) is 6.60. The molecule has 2 fully saturated rings. The molecule has 1 unspecified atom stereocenters. The molecule has 2 aliphatic rings. The molecule has 8 heteroatoms. The molecule has 0 bridgehead atoms. The first-order chi connectivity index (χ1) is 17.3. The summed E-state index contributed by atoms with van der Waals surface area (Å²) in [6, 6.07) is 11.4. The number of imidazole rings is 1. The summed E-state index contributed by atoms with van der Waals surface area (Å²) in [5.74, 6) is 0.595. The van der Waals surface area contributed by atoms with Crippen molar-refractivity contribution < 1.29 is 4.74 Å². The molecule has 0 radical (unpaired) electrons. The van der Waals surface area contributed by atoms with Crippen LogP contribution in [-0.2, 0) is 11.3 Å². The highest BCUT2D eigenvalue weighted by Gasteiger charge is 2.35. The van der Waals surface area contributed by atoms with Gasteiger partial charge in [-0.05, 0) is 56.7 Å². The molecule has 2 aromatic heterocycles. The zero-order valence-corrected chi connectivity index (χ0v) is 23.2. The van der Waals surface area contributed by atoms with Crippen molar-refractivity contribution in [3.8, 4) is 0 Å². The van der Waals surface area contributed by atoms with Crippen LogP contribution >= 0.6 is 23.2 Å². The van der Waals surface area contributed by atoms with Crippen LogP contribution in [-0.4, -0.2) is 57.3 Å². The second-order valence-corrected chi connectivity index (χ2v) is 11.7. The van der Waals surface area contributed by atoms with Crippen LogP contribution in [0.25, 0.3) is 11.2 Å². The van der Waals surface area contributed by atoms with E-state index in [4.69, 9.17) is 32.9 Å². The molecule has 4 heterocycles. The van der Waals surface area contributed by atoms with Crippen molar-refractivity contribution in [3.63, 3.8) is 0 Å². The van der Waals surface area contributed by atoms with Crippen LogP contribution in [0.3, 0.4) is 0 Å². The minimum atomic E-state index is 0.222. The van der Waals surface area contributed by atoms with E-state index in [-0.39, 0.29) is 6.10 Å². The SMILES string of the molecule is CC(C)CC(c1ccc(Cl)cc1)N1C[C@H](C)N(c2cc(Cl)nc3c2ncn3C[C@@H]2CCCO2)C[C@H]1C. The molecule has 5 rings (SSSR count). The quantitative estimate of drug-likeness (QED) is 0.322. The molecule has 4 atom stereocenters. The van der Waals surface area contributed by atoms with Gasteiger partial charge in [-0.25, -0.2) is 9.97 Å². The maximum absolute atomic E-state index is 6.57. The van der Waals surface area contributed by atoms with Crippen LogP contribution in [0.4, 0.5) is 5.69 Å². The molecule has 0 spiro atoms. The van der Waals surface area contributed by atoms with Gasteiger partial charge in [-0.2, -0.15) is 0 Å². The summed E-state index contributed by atoms with van der Waals surface area (Å²) in [5.41, 5.74) is 4.17. The third kappa shape index (κ3) is 5.38. The second-order valence-electron chi connectivity index (χ2n) is 10.9. The Kier molecular flexibility index (Phi) is 7.78. The fourth-order valence-corrected chi connectivity index (χ4v) is 6.18. The molecule has 36 heavy (non-hydrogen) atoms. The van der Waals surface area contributed by atoms with E-state index in [1.54, 1.807) is 0 Å². The Morgan fingerprint density at radius 2 is 1.86 bits per heavy atom. The van der Waals surface area contributed by atoms with Gasteiger partial charge >= 0.3 is 0 Å². The molecule has 2 aliphatic heterocycles. The summed E-state index contributed by atoms with van der Waals surface area (Å²) in [4.78, 5) is 14.6. The van der Waals surface area contributed by atoms with Crippen LogP contribution < -0.4 is 4.90 Å². The van der Waals surface area contributed by atoms with E-state index >= 15 is 0 Å². The summed E-state index contributed by atoms with van der Waals surface area (Å²) in [6.07, 6.45) is 5.42. The molecule has 1 aromatic carbocycles. The highest BCUT2D eigenvalue weighted by molar-refractivity contribution is 6.30. The van der Waals surface area contributed by atoms with Gasteiger partial charge in [-0.3, -0.25) is 4.90 Å². The van der Waals surface area contributed by atoms with Crippen molar-refractivity contribution in [2.45, 2.75) is 77.7 Å². The van der Waals surface area contributed by atoms with Gasteiger partial charge in [0.1, 0.15) is 10.7 Å². The van der Waals surface area contributed by atoms with E-state index in [2.05, 4.69) is 59.2 Å². The lowest BCUT2D eigenvalue weighted by molar-refractivity contribution is 0.0963. The van der Waals surface area contributed by atoms with E-state index in [0.29, 0.717) is 29.2 Å². The number of nitrogens with zero attached hydrogens (tertiary/aromatic N) is 5. The van der Waals surface area contributed by atoms with E-state index < -0.39 is 0 Å². The number of piperazine rings is 1. The van der Waals surface area contributed by atoms with Crippen molar-refractivity contribution in [1.82, 2.24) is 19.4 Å². The maximum atomic E-state index is 6.57. The Balaban J connectivity index is 1.42. The van der Waals surface area contributed by atoms with Gasteiger partial charge in [0.15, 0.2) is 5.65 Å². The van der Waals surface area contributed by atoms with E-state index in [1.165, 1.54) is 5.56 Å². The Morgan fingerprint density at radius 1 is 1.08 bits per heavy atom. The Morgan fingerprint density at radius 3 is 2.56 bits per heavy atom. The number of pyridine rings is 1. The number of aromatic nitrogens is 3. The minimum Gasteiger partial charge on any atom is -0.376 e. The van der Waals surface area contributed by atoms with Crippen molar-refractivity contribution in [2.75, 3.05) is 24.6 Å². The van der Waals surface area contributed by atoms with Gasteiger partial charge in [-0.15, -0.1) is 0 Å². The Labute approximate surface area is 224 Å². The van der Waals surface area contributed by atoms with Crippen LogP contribution in [0.2, 0.25) is 10.2 Å². The molecule has 6 nitrogen and oxygen atoms in total. The number of rotatable bonds is 7. The van der Waals surface area contributed by atoms with E-state index in [0.717, 1.165) is 67.4 Å². The number of halogens is 2. The van der Waals surface area contributed by atoms with Gasteiger partial charge in [0.05, 0.1) is 24.7 Å². The number of ether oxygens (including phenoxy) is 1. The summed E-state index contributed by atoms with van der Waals surface area (Å²) < 4.78 is 7.96. The number of benzene rings is 1. The molecule has 0 amide bonds. The standard InChI is InChI=1S/C28H37Cl2N5O/c1-18(2)12-24(21-7-9-22(29)10-8-21)34-14-20(4)35(15-19(34)3)25-13-26(30)32-28-27(25)31-17-33(28)16-23-6-5-11-36-23/h7-10,13,17-20,23-24H,5-6,11-12,14-16H2,1-4H3/t19-,20+,23+,24?/m1/s1. The van der Waals surface area contributed by atoms with Gasteiger partial charge in [0.2, 0.25) is 0 Å². The summed E-state index contributed by atoms with van der Waals surface area (Å²) in [5, 5.41) is 1.29. The van der Waals surface area contributed by atoms with Gasteiger partial charge < -0.3 is 14.2 Å². The Bertz CT molecular complexity index is 1170. The molecule has 0 saturated carbocycles. The summed E-state index contributed by atoms with van der Waals surface area (Å²) in [7, 11) is 0. The molecule has 0 N–H and O–H groups in total.